The smallest absolute Gasteiger partial charge is 0.178 e. The molecule has 0 amide bonds. The van der Waals surface area contributed by atoms with Gasteiger partial charge in [0.1, 0.15) is 46.5 Å². The second-order valence-corrected chi connectivity index (χ2v) is 4.58. The number of halogens is 6. The number of hydrogen-bond donors (Lipinski definition) is 0. The summed E-state index contributed by atoms with van der Waals surface area (Å²) in [5, 5.41) is 35.0. The Kier molecular flexibility index (Phi) is 4.56. The van der Waals surface area contributed by atoms with Crippen molar-refractivity contribution in [2.45, 2.75) is 0 Å². The predicted molar refractivity (Wildman–Crippen MR) is 70.5 cm³/mol. The van der Waals surface area contributed by atoms with Crippen LogP contribution in [0.2, 0.25) is 0 Å². The maximum atomic E-state index is 14.4. The lowest BCUT2D eigenvalue weighted by molar-refractivity contribution is 0.479. The first-order chi connectivity index (χ1) is 12.3. The molecule has 0 spiro atoms. The van der Waals surface area contributed by atoms with E-state index in [1.54, 1.807) is 0 Å². The van der Waals surface area contributed by atoms with Crippen LogP contribution >= 0.6 is 0 Å². The van der Waals surface area contributed by atoms with Crippen LogP contribution in [0, 0.1) is 80.2 Å². The summed E-state index contributed by atoms with van der Waals surface area (Å²) < 4.78 is 84.8. The Bertz CT molecular complexity index is 1050. The van der Waals surface area contributed by atoms with Crippen molar-refractivity contribution in [3.05, 3.63) is 57.2 Å². The van der Waals surface area contributed by atoms with Crippen LogP contribution in [0.25, 0.3) is 11.1 Å². The van der Waals surface area contributed by atoms with Gasteiger partial charge in [0, 0.05) is 0 Å². The van der Waals surface area contributed by atoms with Crippen LogP contribution in [-0.4, -0.2) is 0 Å². The van der Waals surface area contributed by atoms with Gasteiger partial charge in [-0.1, -0.05) is 0 Å². The Hall–Kier alpha value is -4.02. The molecule has 0 saturated carbocycles. The third-order valence-corrected chi connectivity index (χ3v) is 3.34. The minimum absolute atomic E-state index is 1.02. The molecule has 0 aliphatic carbocycles. The maximum Gasteiger partial charge on any atom is 0.178 e. The van der Waals surface area contributed by atoms with Gasteiger partial charge in [0.2, 0.25) is 0 Å². The second kappa shape index (κ2) is 6.47. The second-order valence-electron chi connectivity index (χ2n) is 4.58. The number of hydrogen-bond acceptors (Lipinski definition) is 4. The molecule has 0 aromatic heterocycles. The van der Waals surface area contributed by atoms with Crippen molar-refractivity contribution in [1.82, 2.24) is 0 Å². The largest absolute Gasteiger partial charge is 0.205 e. The summed E-state index contributed by atoms with van der Waals surface area (Å²) in [6.45, 7) is 0. The molecular weight excluding hydrogens is 362 g/mol. The molecule has 0 saturated heterocycles. The summed E-state index contributed by atoms with van der Waals surface area (Å²) in [4.78, 5) is 0. The monoisotopic (exact) mass is 362 g/mol. The van der Waals surface area contributed by atoms with Crippen molar-refractivity contribution >= 4 is 0 Å². The predicted octanol–water partition coefficient (Wildman–Crippen LogP) is 3.67. The van der Waals surface area contributed by atoms with Crippen LogP contribution in [0.4, 0.5) is 26.3 Å². The zero-order valence-corrected chi connectivity index (χ0v) is 12.1. The van der Waals surface area contributed by atoms with Gasteiger partial charge in [-0.15, -0.1) is 0 Å². The molecule has 0 fully saturated rings. The van der Waals surface area contributed by atoms with Gasteiger partial charge in [-0.3, -0.25) is 0 Å². The van der Waals surface area contributed by atoms with Crippen molar-refractivity contribution in [1.29, 1.82) is 21.0 Å². The van der Waals surface area contributed by atoms with Gasteiger partial charge in [0.15, 0.2) is 34.9 Å². The van der Waals surface area contributed by atoms with Crippen molar-refractivity contribution < 1.29 is 26.3 Å². The first kappa shape index (κ1) is 18.3. The highest BCUT2D eigenvalue weighted by molar-refractivity contribution is 5.73. The van der Waals surface area contributed by atoms with E-state index in [0.29, 0.717) is 0 Å². The van der Waals surface area contributed by atoms with Crippen molar-refractivity contribution in [3.8, 4) is 35.4 Å². The number of benzene rings is 2. The van der Waals surface area contributed by atoms with Crippen molar-refractivity contribution in [2.75, 3.05) is 0 Å². The zero-order valence-electron chi connectivity index (χ0n) is 12.1. The molecular formula is C16F6N4. The van der Waals surface area contributed by atoms with E-state index in [1.807, 2.05) is 0 Å². The molecule has 0 unspecified atom stereocenters. The molecule has 0 radical (unpaired) electrons. The summed E-state index contributed by atoms with van der Waals surface area (Å²) in [5.41, 5.74) is -9.11. The highest BCUT2D eigenvalue weighted by atomic mass is 19.2. The topological polar surface area (TPSA) is 95.2 Å². The van der Waals surface area contributed by atoms with Crippen LogP contribution in [0.3, 0.4) is 0 Å². The highest BCUT2D eigenvalue weighted by Gasteiger charge is 2.33. The van der Waals surface area contributed by atoms with Crippen LogP contribution in [0.5, 0.6) is 0 Å². The molecule has 0 heterocycles. The molecule has 0 bridgehead atoms. The van der Waals surface area contributed by atoms with E-state index in [0.717, 1.165) is 24.3 Å². The van der Waals surface area contributed by atoms with Crippen LogP contribution < -0.4 is 0 Å². The first-order valence-corrected chi connectivity index (χ1v) is 6.28. The molecule has 0 aliphatic rings. The summed E-state index contributed by atoms with van der Waals surface area (Å²) in [5.74, 6) is -12.8. The van der Waals surface area contributed by atoms with E-state index in [9.17, 15) is 26.3 Å². The van der Waals surface area contributed by atoms with E-state index >= 15 is 0 Å². The normalized spacial score (nSPS) is 9.77. The standard InChI is InChI=1S/C16F6N4/c17-11-5(1-23)7(3-25)13(19)15(21)9(11)10-12(18)6(2-24)8(4-26)14(20)16(10)22. The Morgan fingerprint density at radius 1 is 0.385 bits per heavy atom. The third-order valence-electron chi connectivity index (χ3n) is 3.34. The summed E-state index contributed by atoms with van der Waals surface area (Å²) in [6, 6.07) is 4.12. The highest BCUT2D eigenvalue weighted by Crippen LogP contribution is 2.38. The molecule has 0 aliphatic heterocycles. The van der Waals surface area contributed by atoms with Gasteiger partial charge in [0.25, 0.3) is 0 Å². The van der Waals surface area contributed by atoms with E-state index in [1.165, 1.54) is 0 Å². The van der Waals surface area contributed by atoms with Gasteiger partial charge < -0.3 is 0 Å². The van der Waals surface area contributed by atoms with Gasteiger partial charge in [0.05, 0.1) is 11.1 Å². The average Bonchev–Trinajstić information content (AvgIpc) is 2.63. The van der Waals surface area contributed by atoms with Gasteiger partial charge in [-0.05, 0) is 0 Å². The minimum atomic E-state index is -2.27. The third kappa shape index (κ3) is 2.30. The molecule has 10 heteroatoms. The minimum Gasteiger partial charge on any atom is -0.205 e. The molecule has 126 valence electrons. The molecule has 0 N–H and O–H groups in total. The molecule has 2 aromatic rings. The fraction of sp³-hybridized carbons (Fsp3) is 0. The number of rotatable bonds is 1. The van der Waals surface area contributed by atoms with E-state index in [-0.39, 0.29) is 0 Å². The average molecular weight is 362 g/mol. The lowest BCUT2D eigenvalue weighted by atomic mass is 9.93. The Morgan fingerprint density at radius 2 is 0.615 bits per heavy atom. The van der Waals surface area contributed by atoms with E-state index in [2.05, 4.69) is 0 Å². The molecule has 2 rings (SSSR count). The first-order valence-electron chi connectivity index (χ1n) is 6.28. The fourth-order valence-corrected chi connectivity index (χ4v) is 2.18. The molecule has 4 nitrogen and oxygen atoms in total. The Labute approximate surface area is 141 Å². The maximum absolute atomic E-state index is 14.4. The quantitative estimate of drug-likeness (QED) is 0.571. The Balaban J connectivity index is 3.16. The van der Waals surface area contributed by atoms with Gasteiger partial charge >= 0.3 is 0 Å². The molecule has 0 atom stereocenters. The van der Waals surface area contributed by atoms with Gasteiger partial charge in [-0.2, -0.15) is 21.0 Å². The Morgan fingerprint density at radius 3 is 0.846 bits per heavy atom. The number of nitrogens with zero attached hydrogens (tertiary/aromatic N) is 4. The summed E-state index contributed by atoms with van der Waals surface area (Å²) in [7, 11) is 0. The fourth-order valence-electron chi connectivity index (χ4n) is 2.18. The zero-order chi connectivity index (χ0) is 19.8. The summed E-state index contributed by atoms with van der Waals surface area (Å²) in [6.07, 6.45) is 0. The van der Waals surface area contributed by atoms with Crippen LogP contribution in [0.15, 0.2) is 0 Å². The lowest BCUT2D eigenvalue weighted by Gasteiger charge is -2.13. The summed E-state index contributed by atoms with van der Waals surface area (Å²) >= 11 is 0. The lowest BCUT2D eigenvalue weighted by Crippen LogP contribution is -2.09. The van der Waals surface area contributed by atoms with Gasteiger partial charge in [-0.25, -0.2) is 26.3 Å². The molecule has 2 aromatic carbocycles. The SMILES string of the molecule is N#Cc1c(F)c(F)c(-c2c(F)c(F)c(C#N)c(C#N)c2F)c(F)c1C#N. The van der Waals surface area contributed by atoms with E-state index < -0.39 is 68.3 Å². The van der Waals surface area contributed by atoms with E-state index in [4.69, 9.17) is 21.0 Å². The van der Waals surface area contributed by atoms with Crippen molar-refractivity contribution in [2.24, 2.45) is 0 Å². The molecule has 26 heavy (non-hydrogen) atoms. The van der Waals surface area contributed by atoms with Crippen LogP contribution in [0.1, 0.15) is 22.3 Å². The van der Waals surface area contributed by atoms with Crippen LogP contribution in [-0.2, 0) is 0 Å². The van der Waals surface area contributed by atoms with Crippen molar-refractivity contribution in [3.63, 3.8) is 0 Å². The number of nitriles is 4.